The number of ketones is 1. The van der Waals surface area contributed by atoms with Gasteiger partial charge < -0.3 is 4.40 Å². The summed E-state index contributed by atoms with van der Waals surface area (Å²) in [4.78, 5) is 19.0. The summed E-state index contributed by atoms with van der Waals surface area (Å²) in [6, 6.07) is 33.5. The molecule has 168 valence electrons. The number of carbonyl (C=O) groups excluding carboxylic acids is 1. The minimum atomic E-state index is -0.0482. The Labute approximate surface area is 208 Å². The SMILES string of the molecule is Cc1ccc(-c2c(C(=O)c3ccc(Cl)cc3)c3ccccn3c2-c2ccc3ccccc3n2)cc1. The molecule has 0 aliphatic rings. The Balaban J connectivity index is 1.71. The van der Waals surface area contributed by atoms with Crippen LogP contribution in [-0.2, 0) is 0 Å². The number of aryl methyl sites for hydroxylation is 1. The molecule has 0 saturated heterocycles. The number of para-hydroxylation sites is 1. The molecule has 3 aromatic heterocycles. The van der Waals surface area contributed by atoms with Gasteiger partial charge in [0.1, 0.15) is 0 Å². The molecule has 0 fully saturated rings. The number of carbonyl (C=O) groups is 1. The number of hydrogen-bond donors (Lipinski definition) is 0. The van der Waals surface area contributed by atoms with E-state index in [9.17, 15) is 4.79 Å². The van der Waals surface area contributed by atoms with E-state index >= 15 is 0 Å². The quantitative estimate of drug-likeness (QED) is 0.243. The van der Waals surface area contributed by atoms with Crippen molar-refractivity contribution in [1.29, 1.82) is 0 Å². The van der Waals surface area contributed by atoms with Crippen LogP contribution in [0.25, 0.3) is 38.9 Å². The number of benzene rings is 3. The van der Waals surface area contributed by atoms with Gasteiger partial charge in [-0.3, -0.25) is 4.79 Å². The van der Waals surface area contributed by atoms with E-state index in [2.05, 4.69) is 47.7 Å². The van der Waals surface area contributed by atoms with Crippen molar-refractivity contribution < 1.29 is 4.79 Å². The van der Waals surface area contributed by atoms with Crippen molar-refractivity contribution in [1.82, 2.24) is 9.38 Å². The van der Waals surface area contributed by atoms with Crippen LogP contribution in [0.2, 0.25) is 5.02 Å². The molecule has 0 N–H and O–H groups in total. The van der Waals surface area contributed by atoms with Gasteiger partial charge in [0.15, 0.2) is 5.78 Å². The predicted molar refractivity (Wildman–Crippen MR) is 143 cm³/mol. The molecule has 0 saturated carbocycles. The van der Waals surface area contributed by atoms with Crippen LogP contribution >= 0.6 is 11.6 Å². The lowest BCUT2D eigenvalue weighted by Crippen LogP contribution is -2.02. The van der Waals surface area contributed by atoms with Crippen LogP contribution in [0, 0.1) is 6.92 Å². The lowest BCUT2D eigenvalue weighted by Gasteiger charge is -2.10. The van der Waals surface area contributed by atoms with Crippen molar-refractivity contribution in [3.8, 4) is 22.5 Å². The Morgan fingerprint density at radius 2 is 1.54 bits per heavy atom. The van der Waals surface area contributed by atoms with Gasteiger partial charge in [-0.25, -0.2) is 4.98 Å². The third-order valence-corrected chi connectivity index (χ3v) is 6.61. The van der Waals surface area contributed by atoms with E-state index in [0.29, 0.717) is 16.1 Å². The fourth-order valence-electron chi connectivity index (χ4n) is 4.63. The molecule has 6 aromatic rings. The number of hydrogen-bond acceptors (Lipinski definition) is 2. The van der Waals surface area contributed by atoms with Gasteiger partial charge in [-0.15, -0.1) is 0 Å². The minimum Gasteiger partial charge on any atom is -0.314 e. The Bertz CT molecular complexity index is 1710. The van der Waals surface area contributed by atoms with E-state index < -0.39 is 0 Å². The number of aromatic nitrogens is 2. The highest BCUT2D eigenvalue weighted by atomic mass is 35.5. The standard InChI is InChI=1S/C31H21ClN2O/c1-20-9-11-22(12-10-20)28-29(31(35)23-13-16-24(32)17-14-23)27-8-4-5-19-34(27)30(28)26-18-15-21-6-2-3-7-25(21)33-26/h2-19H,1H3. The molecule has 0 spiro atoms. The Morgan fingerprint density at radius 1 is 0.800 bits per heavy atom. The van der Waals surface area contributed by atoms with E-state index in [-0.39, 0.29) is 5.78 Å². The molecule has 3 heterocycles. The third kappa shape index (κ3) is 3.71. The average molecular weight is 473 g/mol. The van der Waals surface area contributed by atoms with Crippen molar-refractivity contribution in [2.45, 2.75) is 6.92 Å². The van der Waals surface area contributed by atoms with Crippen LogP contribution in [-0.4, -0.2) is 15.2 Å². The molecule has 3 nitrogen and oxygen atoms in total. The summed E-state index contributed by atoms with van der Waals surface area (Å²) >= 11 is 6.11. The van der Waals surface area contributed by atoms with Gasteiger partial charge in [0.25, 0.3) is 0 Å². The minimum absolute atomic E-state index is 0.0482. The Hall–Kier alpha value is -4.21. The highest BCUT2D eigenvalue weighted by molar-refractivity contribution is 6.30. The van der Waals surface area contributed by atoms with Crippen LogP contribution in [0.3, 0.4) is 0 Å². The molecule has 3 aromatic carbocycles. The van der Waals surface area contributed by atoms with E-state index in [4.69, 9.17) is 16.6 Å². The molecule has 6 rings (SSSR count). The Morgan fingerprint density at radius 3 is 2.34 bits per heavy atom. The number of rotatable bonds is 4. The third-order valence-electron chi connectivity index (χ3n) is 6.36. The summed E-state index contributed by atoms with van der Waals surface area (Å²) < 4.78 is 2.08. The van der Waals surface area contributed by atoms with Gasteiger partial charge in [-0.05, 0) is 61.0 Å². The lowest BCUT2D eigenvalue weighted by atomic mass is 9.93. The van der Waals surface area contributed by atoms with Gasteiger partial charge in [0.05, 0.1) is 28.0 Å². The van der Waals surface area contributed by atoms with Crippen molar-refractivity contribution in [2.75, 3.05) is 0 Å². The van der Waals surface area contributed by atoms with Crippen LogP contribution < -0.4 is 0 Å². The molecule has 0 aliphatic heterocycles. The van der Waals surface area contributed by atoms with Crippen LogP contribution in [0.15, 0.2) is 109 Å². The lowest BCUT2D eigenvalue weighted by molar-refractivity contribution is 0.104. The summed E-state index contributed by atoms with van der Waals surface area (Å²) in [6.45, 7) is 2.06. The van der Waals surface area contributed by atoms with Crippen LogP contribution in [0.5, 0.6) is 0 Å². The molecule has 0 amide bonds. The predicted octanol–water partition coefficient (Wildman–Crippen LogP) is 8.01. The van der Waals surface area contributed by atoms with Gasteiger partial charge in [-0.1, -0.05) is 71.8 Å². The molecular weight excluding hydrogens is 452 g/mol. The fraction of sp³-hybridized carbons (Fsp3) is 0.0323. The first kappa shape index (κ1) is 21.3. The zero-order valence-corrected chi connectivity index (χ0v) is 19.8. The first-order valence-corrected chi connectivity index (χ1v) is 11.8. The number of halogens is 1. The van der Waals surface area contributed by atoms with Crippen molar-refractivity contribution in [2.24, 2.45) is 0 Å². The monoisotopic (exact) mass is 472 g/mol. The highest BCUT2D eigenvalue weighted by Crippen LogP contribution is 2.40. The van der Waals surface area contributed by atoms with Gasteiger partial charge in [0.2, 0.25) is 0 Å². The maximum atomic E-state index is 14.0. The maximum Gasteiger partial charge on any atom is 0.195 e. The van der Waals surface area contributed by atoms with E-state index in [1.54, 1.807) is 24.3 Å². The summed E-state index contributed by atoms with van der Waals surface area (Å²) in [7, 11) is 0. The fourth-order valence-corrected chi connectivity index (χ4v) is 4.76. The van der Waals surface area contributed by atoms with Crippen molar-refractivity contribution in [3.05, 3.63) is 131 Å². The van der Waals surface area contributed by atoms with Gasteiger partial charge in [-0.2, -0.15) is 0 Å². The topological polar surface area (TPSA) is 34.4 Å². The van der Waals surface area contributed by atoms with E-state index in [0.717, 1.165) is 44.5 Å². The zero-order chi connectivity index (χ0) is 23.9. The second-order valence-corrected chi connectivity index (χ2v) is 9.08. The zero-order valence-electron chi connectivity index (χ0n) is 19.1. The smallest absolute Gasteiger partial charge is 0.195 e. The average Bonchev–Trinajstić information content (AvgIpc) is 3.24. The number of fused-ring (bicyclic) bond motifs is 2. The molecule has 0 bridgehead atoms. The number of nitrogens with zero attached hydrogens (tertiary/aromatic N) is 2. The molecule has 35 heavy (non-hydrogen) atoms. The summed E-state index contributed by atoms with van der Waals surface area (Å²) in [6.07, 6.45) is 2.00. The Kier molecular flexibility index (Phi) is 5.20. The highest BCUT2D eigenvalue weighted by Gasteiger charge is 2.26. The molecule has 0 unspecified atom stereocenters. The summed E-state index contributed by atoms with van der Waals surface area (Å²) in [5, 5.41) is 1.68. The van der Waals surface area contributed by atoms with E-state index in [1.807, 2.05) is 48.7 Å². The molecule has 0 radical (unpaired) electrons. The van der Waals surface area contributed by atoms with Crippen LogP contribution in [0.1, 0.15) is 21.5 Å². The van der Waals surface area contributed by atoms with Gasteiger partial charge >= 0.3 is 0 Å². The normalized spacial score (nSPS) is 11.3. The van der Waals surface area contributed by atoms with Crippen molar-refractivity contribution >= 4 is 33.8 Å². The molecule has 0 aliphatic carbocycles. The molecule has 0 atom stereocenters. The molecule has 4 heteroatoms. The maximum absolute atomic E-state index is 14.0. The molecular formula is C31H21ClN2O. The van der Waals surface area contributed by atoms with Crippen molar-refractivity contribution in [3.63, 3.8) is 0 Å². The first-order chi connectivity index (χ1) is 17.1. The number of pyridine rings is 2. The summed E-state index contributed by atoms with van der Waals surface area (Å²) in [5.41, 5.74) is 7.72. The van der Waals surface area contributed by atoms with Crippen LogP contribution in [0.4, 0.5) is 0 Å². The second kappa shape index (κ2) is 8.53. The first-order valence-electron chi connectivity index (χ1n) is 11.5. The van der Waals surface area contributed by atoms with E-state index in [1.165, 1.54) is 0 Å². The second-order valence-electron chi connectivity index (χ2n) is 8.65. The largest absolute Gasteiger partial charge is 0.314 e. The summed E-state index contributed by atoms with van der Waals surface area (Å²) in [5.74, 6) is -0.0482. The van der Waals surface area contributed by atoms with Gasteiger partial charge in [0, 0.05) is 27.7 Å².